The highest BCUT2D eigenvalue weighted by molar-refractivity contribution is 9.10. The van der Waals surface area contributed by atoms with Gasteiger partial charge in [0.15, 0.2) is 0 Å². The fraction of sp³-hybridized carbons (Fsp3) is 0.312. The number of aromatic nitrogens is 1. The van der Waals surface area contributed by atoms with Gasteiger partial charge in [-0.15, -0.1) is 0 Å². The van der Waals surface area contributed by atoms with Crippen molar-refractivity contribution in [2.75, 3.05) is 11.9 Å². The molecule has 3 rings (SSSR count). The zero-order valence-electron chi connectivity index (χ0n) is 12.6. The first-order valence-electron chi connectivity index (χ1n) is 7.26. The van der Waals surface area contributed by atoms with Crippen molar-refractivity contribution in [1.29, 1.82) is 0 Å². The minimum atomic E-state index is -0.373. The molecule has 1 aliphatic heterocycles. The van der Waals surface area contributed by atoms with Gasteiger partial charge in [-0.05, 0) is 46.6 Å². The quantitative estimate of drug-likeness (QED) is 0.888. The molecular formula is C16H16BrN3O3. The number of rotatable bonds is 4. The molecule has 2 aromatic heterocycles. The number of hydrogen-bond acceptors (Lipinski definition) is 4. The molecular weight excluding hydrogens is 362 g/mol. The molecule has 0 aliphatic carbocycles. The zero-order chi connectivity index (χ0) is 16.4. The summed E-state index contributed by atoms with van der Waals surface area (Å²) in [7, 11) is 0. The number of aryl methyl sites for hydroxylation is 1. The third-order valence-corrected chi connectivity index (χ3v) is 4.23. The van der Waals surface area contributed by atoms with Crippen LogP contribution in [0.15, 0.2) is 39.5 Å². The van der Waals surface area contributed by atoms with Gasteiger partial charge < -0.3 is 14.6 Å². The normalized spacial score (nSPS) is 17.6. The van der Waals surface area contributed by atoms with Crippen LogP contribution in [0, 0.1) is 12.8 Å². The van der Waals surface area contributed by atoms with E-state index < -0.39 is 0 Å². The summed E-state index contributed by atoms with van der Waals surface area (Å²) in [5.41, 5.74) is 0.865. The Morgan fingerprint density at radius 3 is 3.09 bits per heavy atom. The van der Waals surface area contributed by atoms with Gasteiger partial charge in [0, 0.05) is 23.6 Å². The largest absolute Gasteiger partial charge is 0.467 e. The molecule has 1 saturated heterocycles. The molecule has 2 aromatic rings. The molecule has 0 spiro atoms. The van der Waals surface area contributed by atoms with E-state index in [1.807, 2.05) is 19.1 Å². The maximum absolute atomic E-state index is 12.4. The molecule has 23 heavy (non-hydrogen) atoms. The maximum atomic E-state index is 12.4. The summed E-state index contributed by atoms with van der Waals surface area (Å²) in [6.07, 6.45) is 3.41. The van der Waals surface area contributed by atoms with Crippen molar-refractivity contribution in [3.63, 3.8) is 0 Å². The number of likely N-dealkylation sites (tertiary alicyclic amines) is 1. The lowest BCUT2D eigenvalue weighted by atomic mass is 10.1. The molecule has 1 atom stereocenters. The Bertz CT molecular complexity index is 730. The molecule has 0 saturated carbocycles. The summed E-state index contributed by atoms with van der Waals surface area (Å²) in [4.78, 5) is 30.3. The van der Waals surface area contributed by atoms with Crippen LogP contribution in [0.25, 0.3) is 0 Å². The van der Waals surface area contributed by atoms with Crippen molar-refractivity contribution in [2.45, 2.75) is 19.9 Å². The topological polar surface area (TPSA) is 75.4 Å². The summed E-state index contributed by atoms with van der Waals surface area (Å²) in [6, 6.07) is 5.48. The first-order valence-corrected chi connectivity index (χ1v) is 8.05. The van der Waals surface area contributed by atoms with Gasteiger partial charge >= 0.3 is 0 Å². The van der Waals surface area contributed by atoms with Crippen molar-refractivity contribution in [2.24, 2.45) is 5.92 Å². The minimum absolute atomic E-state index is 0.0398. The average molecular weight is 378 g/mol. The van der Waals surface area contributed by atoms with Crippen LogP contribution in [0.5, 0.6) is 0 Å². The number of pyridine rings is 1. The van der Waals surface area contributed by atoms with Crippen molar-refractivity contribution in [3.8, 4) is 0 Å². The Morgan fingerprint density at radius 2 is 2.39 bits per heavy atom. The predicted molar refractivity (Wildman–Crippen MR) is 87.5 cm³/mol. The average Bonchev–Trinajstić information content (AvgIpc) is 3.13. The first-order chi connectivity index (χ1) is 11.0. The highest BCUT2D eigenvalue weighted by Crippen LogP contribution is 2.23. The van der Waals surface area contributed by atoms with Crippen molar-refractivity contribution in [3.05, 3.63) is 46.5 Å². The Hall–Kier alpha value is -2.15. The molecule has 3 heterocycles. The summed E-state index contributed by atoms with van der Waals surface area (Å²) < 4.78 is 6.11. The molecule has 7 heteroatoms. The number of nitrogens with zero attached hydrogens (tertiary/aromatic N) is 2. The Morgan fingerprint density at radius 1 is 1.57 bits per heavy atom. The second-order valence-corrected chi connectivity index (χ2v) is 6.48. The molecule has 0 bridgehead atoms. The van der Waals surface area contributed by atoms with E-state index in [9.17, 15) is 9.59 Å². The third-order valence-electron chi connectivity index (χ3n) is 3.80. The Labute approximate surface area is 142 Å². The number of carbonyl (C=O) groups is 2. The fourth-order valence-corrected chi connectivity index (χ4v) is 3.03. The van der Waals surface area contributed by atoms with Crippen LogP contribution in [0.3, 0.4) is 0 Å². The van der Waals surface area contributed by atoms with Crippen molar-refractivity contribution < 1.29 is 14.0 Å². The smallest absolute Gasteiger partial charge is 0.230 e. The summed E-state index contributed by atoms with van der Waals surface area (Å²) in [5, 5.41) is 2.81. The summed E-state index contributed by atoms with van der Waals surface area (Å²) in [6.45, 7) is 2.66. The van der Waals surface area contributed by atoms with E-state index in [0.29, 0.717) is 24.7 Å². The van der Waals surface area contributed by atoms with E-state index in [-0.39, 0.29) is 24.2 Å². The van der Waals surface area contributed by atoms with E-state index in [0.717, 1.165) is 10.0 Å². The predicted octanol–water partition coefficient (Wildman–Crippen LogP) is 2.73. The number of halogens is 1. The van der Waals surface area contributed by atoms with Gasteiger partial charge in [0.2, 0.25) is 11.8 Å². The van der Waals surface area contributed by atoms with Gasteiger partial charge in [-0.1, -0.05) is 0 Å². The molecule has 0 radical (unpaired) electrons. The molecule has 120 valence electrons. The third kappa shape index (κ3) is 3.61. The molecule has 1 N–H and O–H groups in total. The van der Waals surface area contributed by atoms with Gasteiger partial charge in [0.25, 0.3) is 0 Å². The first kappa shape index (κ1) is 15.7. The number of hydrogen-bond donors (Lipinski definition) is 1. The van der Waals surface area contributed by atoms with E-state index in [1.54, 1.807) is 23.4 Å². The number of furan rings is 1. The van der Waals surface area contributed by atoms with Gasteiger partial charge in [0.05, 0.1) is 18.7 Å². The fourth-order valence-electron chi connectivity index (χ4n) is 2.58. The van der Waals surface area contributed by atoms with Gasteiger partial charge in [-0.25, -0.2) is 4.98 Å². The van der Waals surface area contributed by atoms with E-state index in [4.69, 9.17) is 4.42 Å². The maximum Gasteiger partial charge on any atom is 0.230 e. The lowest BCUT2D eigenvalue weighted by molar-refractivity contribution is -0.128. The van der Waals surface area contributed by atoms with Crippen molar-refractivity contribution in [1.82, 2.24) is 9.88 Å². The van der Waals surface area contributed by atoms with Crippen LogP contribution >= 0.6 is 15.9 Å². The van der Waals surface area contributed by atoms with Crippen LogP contribution in [0.2, 0.25) is 0 Å². The highest BCUT2D eigenvalue weighted by Gasteiger charge is 2.34. The number of amides is 2. The van der Waals surface area contributed by atoms with Crippen LogP contribution in [0.4, 0.5) is 5.82 Å². The lowest BCUT2D eigenvalue weighted by Crippen LogP contribution is -2.28. The van der Waals surface area contributed by atoms with E-state index in [2.05, 4.69) is 26.2 Å². The summed E-state index contributed by atoms with van der Waals surface area (Å²) >= 11 is 3.34. The second kappa shape index (κ2) is 6.54. The van der Waals surface area contributed by atoms with Gasteiger partial charge in [-0.3, -0.25) is 9.59 Å². The molecule has 1 aliphatic rings. The Kier molecular flexibility index (Phi) is 4.47. The van der Waals surface area contributed by atoms with Crippen LogP contribution < -0.4 is 5.32 Å². The zero-order valence-corrected chi connectivity index (χ0v) is 14.2. The van der Waals surface area contributed by atoms with Crippen molar-refractivity contribution >= 4 is 33.6 Å². The SMILES string of the molecule is Cc1cc(Br)cnc1NC(=O)C1CC(=O)N(Cc2ccco2)C1. The van der Waals surface area contributed by atoms with Crippen LogP contribution in [0.1, 0.15) is 17.7 Å². The molecule has 1 unspecified atom stereocenters. The number of carbonyl (C=O) groups excluding carboxylic acids is 2. The van der Waals surface area contributed by atoms with E-state index in [1.165, 1.54) is 0 Å². The van der Waals surface area contributed by atoms with Crippen LogP contribution in [-0.4, -0.2) is 28.2 Å². The second-order valence-electron chi connectivity index (χ2n) is 5.56. The van der Waals surface area contributed by atoms with Gasteiger partial charge in [-0.2, -0.15) is 0 Å². The molecule has 1 fully saturated rings. The Balaban J connectivity index is 1.63. The minimum Gasteiger partial charge on any atom is -0.467 e. The summed E-state index contributed by atoms with van der Waals surface area (Å²) in [5.74, 6) is 0.641. The molecule has 2 amide bonds. The van der Waals surface area contributed by atoms with E-state index >= 15 is 0 Å². The monoisotopic (exact) mass is 377 g/mol. The molecule has 0 aromatic carbocycles. The lowest BCUT2D eigenvalue weighted by Gasteiger charge is -2.15. The van der Waals surface area contributed by atoms with Crippen LogP contribution in [-0.2, 0) is 16.1 Å². The standard InChI is InChI=1S/C16H16BrN3O3/c1-10-5-12(17)7-18-15(10)19-16(22)11-6-14(21)20(8-11)9-13-3-2-4-23-13/h2-5,7,11H,6,8-9H2,1H3,(H,18,19,22). The molecule has 6 nitrogen and oxygen atoms in total. The number of nitrogens with one attached hydrogen (secondary N) is 1. The highest BCUT2D eigenvalue weighted by atomic mass is 79.9. The number of anilines is 1. The van der Waals surface area contributed by atoms with Gasteiger partial charge in [0.1, 0.15) is 11.6 Å².